The van der Waals surface area contributed by atoms with E-state index in [1.165, 1.54) is 12.8 Å². The van der Waals surface area contributed by atoms with E-state index in [0.29, 0.717) is 17.6 Å². The number of aryl methyl sites for hydroxylation is 1. The molecule has 0 spiro atoms. The zero-order valence-electron chi connectivity index (χ0n) is 9.09. The number of anilines is 1. The number of hydrogen-bond donors (Lipinski definition) is 1. The summed E-state index contributed by atoms with van der Waals surface area (Å²) in [6, 6.07) is 1.87. The number of nitrogens with two attached hydrogens (primary N) is 1. The molecule has 82 valence electrons. The summed E-state index contributed by atoms with van der Waals surface area (Å²) in [7, 11) is 1.87. The standard InChI is InChI=1S/C11H13N5/c1-16-6-8(5-13-16)11-14-9(7-2-3-7)4-10(12)15-11/h4-7H,2-3H2,1H3,(H2,12,14,15). The lowest BCUT2D eigenvalue weighted by Crippen LogP contribution is -1.99. The van der Waals surface area contributed by atoms with Crippen LogP contribution in [0.25, 0.3) is 11.4 Å². The van der Waals surface area contributed by atoms with E-state index >= 15 is 0 Å². The van der Waals surface area contributed by atoms with Gasteiger partial charge in [-0.25, -0.2) is 9.97 Å². The zero-order chi connectivity index (χ0) is 11.1. The van der Waals surface area contributed by atoms with Crippen molar-refractivity contribution in [2.24, 2.45) is 7.05 Å². The molecule has 1 saturated carbocycles. The van der Waals surface area contributed by atoms with Gasteiger partial charge in [0.05, 0.1) is 11.8 Å². The first-order chi connectivity index (χ1) is 7.72. The summed E-state index contributed by atoms with van der Waals surface area (Å²) in [6.45, 7) is 0. The molecule has 5 heteroatoms. The predicted octanol–water partition coefficient (Wildman–Crippen LogP) is 1.34. The van der Waals surface area contributed by atoms with Crippen LogP contribution in [0.2, 0.25) is 0 Å². The maximum Gasteiger partial charge on any atom is 0.164 e. The minimum Gasteiger partial charge on any atom is -0.384 e. The molecule has 0 bridgehead atoms. The van der Waals surface area contributed by atoms with Crippen LogP contribution < -0.4 is 5.73 Å². The summed E-state index contributed by atoms with van der Waals surface area (Å²) in [5.41, 5.74) is 7.77. The molecule has 0 aromatic carbocycles. The third kappa shape index (κ3) is 1.64. The normalized spacial score (nSPS) is 15.3. The molecule has 0 radical (unpaired) electrons. The van der Waals surface area contributed by atoms with Crippen molar-refractivity contribution >= 4 is 5.82 Å². The van der Waals surface area contributed by atoms with Crippen LogP contribution in [0.5, 0.6) is 0 Å². The molecule has 0 atom stereocenters. The Kier molecular flexibility index (Phi) is 1.92. The van der Waals surface area contributed by atoms with Gasteiger partial charge in [0.25, 0.3) is 0 Å². The molecule has 5 nitrogen and oxygen atoms in total. The van der Waals surface area contributed by atoms with Crippen LogP contribution in [0.15, 0.2) is 18.5 Å². The fourth-order valence-corrected chi connectivity index (χ4v) is 1.74. The van der Waals surface area contributed by atoms with Gasteiger partial charge in [-0.15, -0.1) is 0 Å². The van der Waals surface area contributed by atoms with Crippen molar-refractivity contribution in [3.63, 3.8) is 0 Å². The molecule has 0 amide bonds. The number of nitrogen functional groups attached to an aromatic ring is 1. The lowest BCUT2D eigenvalue weighted by atomic mass is 10.2. The van der Waals surface area contributed by atoms with Crippen molar-refractivity contribution in [1.29, 1.82) is 0 Å². The van der Waals surface area contributed by atoms with Crippen molar-refractivity contribution in [2.75, 3.05) is 5.73 Å². The quantitative estimate of drug-likeness (QED) is 0.820. The SMILES string of the molecule is Cn1cc(-c2nc(N)cc(C3CC3)n2)cn1. The summed E-state index contributed by atoms with van der Waals surface area (Å²) in [6.07, 6.45) is 6.07. The third-order valence-electron chi connectivity index (χ3n) is 2.72. The molecule has 0 saturated heterocycles. The topological polar surface area (TPSA) is 69.6 Å². The van der Waals surface area contributed by atoms with E-state index in [1.54, 1.807) is 10.9 Å². The molecule has 16 heavy (non-hydrogen) atoms. The first-order valence-electron chi connectivity index (χ1n) is 5.36. The number of rotatable bonds is 2. The average Bonchev–Trinajstić information content (AvgIpc) is 3.01. The summed E-state index contributed by atoms with van der Waals surface area (Å²) < 4.78 is 1.73. The van der Waals surface area contributed by atoms with Gasteiger partial charge >= 0.3 is 0 Å². The summed E-state index contributed by atoms with van der Waals surface area (Å²) >= 11 is 0. The van der Waals surface area contributed by atoms with Crippen LogP contribution in [0.3, 0.4) is 0 Å². The van der Waals surface area contributed by atoms with E-state index in [1.807, 2.05) is 19.3 Å². The molecule has 2 N–H and O–H groups in total. The van der Waals surface area contributed by atoms with Crippen molar-refractivity contribution in [3.8, 4) is 11.4 Å². The fourth-order valence-electron chi connectivity index (χ4n) is 1.74. The van der Waals surface area contributed by atoms with Crippen LogP contribution in [-0.4, -0.2) is 19.7 Å². The third-order valence-corrected chi connectivity index (χ3v) is 2.72. The highest BCUT2D eigenvalue weighted by Crippen LogP contribution is 2.39. The highest BCUT2D eigenvalue weighted by atomic mass is 15.2. The largest absolute Gasteiger partial charge is 0.384 e. The van der Waals surface area contributed by atoms with Gasteiger partial charge in [0.2, 0.25) is 0 Å². The molecule has 0 unspecified atom stereocenters. The van der Waals surface area contributed by atoms with Gasteiger partial charge in [0, 0.05) is 30.9 Å². The van der Waals surface area contributed by atoms with Gasteiger partial charge in [0.1, 0.15) is 5.82 Å². The highest BCUT2D eigenvalue weighted by molar-refractivity contribution is 5.55. The lowest BCUT2D eigenvalue weighted by Gasteiger charge is -2.02. The van der Waals surface area contributed by atoms with Gasteiger partial charge in [0.15, 0.2) is 5.82 Å². The van der Waals surface area contributed by atoms with Crippen molar-refractivity contribution in [3.05, 3.63) is 24.2 Å². The Morgan fingerprint density at radius 2 is 2.19 bits per heavy atom. The van der Waals surface area contributed by atoms with Gasteiger partial charge in [-0.2, -0.15) is 5.10 Å². The van der Waals surface area contributed by atoms with E-state index in [4.69, 9.17) is 5.73 Å². The molecule has 0 aliphatic heterocycles. The second-order valence-electron chi connectivity index (χ2n) is 4.22. The summed E-state index contributed by atoms with van der Waals surface area (Å²) in [4.78, 5) is 8.78. The molecule has 2 aromatic rings. The molecule has 2 aromatic heterocycles. The smallest absolute Gasteiger partial charge is 0.164 e. The first kappa shape index (κ1) is 9.33. The van der Waals surface area contributed by atoms with E-state index in [2.05, 4.69) is 15.1 Å². The van der Waals surface area contributed by atoms with Crippen molar-refractivity contribution < 1.29 is 0 Å². The van der Waals surface area contributed by atoms with Gasteiger partial charge in [-0.1, -0.05) is 0 Å². The van der Waals surface area contributed by atoms with Crippen LogP contribution in [0.4, 0.5) is 5.82 Å². The Morgan fingerprint density at radius 1 is 1.38 bits per heavy atom. The van der Waals surface area contributed by atoms with E-state index in [9.17, 15) is 0 Å². The Hall–Kier alpha value is -1.91. The minimum atomic E-state index is 0.538. The Bertz CT molecular complexity index is 527. The average molecular weight is 215 g/mol. The zero-order valence-corrected chi connectivity index (χ0v) is 9.09. The van der Waals surface area contributed by atoms with Crippen LogP contribution in [0, 0.1) is 0 Å². The second-order valence-corrected chi connectivity index (χ2v) is 4.22. The minimum absolute atomic E-state index is 0.538. The Morgan fingerprint density at radius 3 is 2.81 bits per heavy atom. The van der Waals surface area contributed by atoms with Crippen LogP contribution >= 0.6 is 0 Å². The molecule has 1 fully saturated rings. The molecule has 3 rings (SSSR count). The molecule has 1 aliphatic rings. The van der Waals surface area contributed by atoms with Gasteiger partial charge < -0.3 is 5.73 Å². The Balaban J connectivity index is 2.06. The maximum atomic E-state index is 5.79. The fraction of sp³-hybridized carbons (Fsp3) is 0.364. The number of hydrogen-bond acceptors (Lipinski definition) is 4. The van der Waals surface area contributed by atoms with E-state index in [-0.39, 0.29) is 0 Å². The van der Waals surface area contributed by atoms with Gasteiger partial charge in [-0.3, -0.25) is 4.68 Å². The number of aromatic nitrogens is 4. The summed E-state index contributed by atoms with van der Waals surface area (Å²) in [5.74, 6) is 1.80. The Labute approximate surface area is 93.3 Å². The van der Waals surface area contributed by atoms with Crippen molar-refractivity contribution in [2.45, 2.75) is 18.8 Å². The first-order valence-corrected chi connectivity index (χ1v) is 5.36. The lowest BCUT2D eigenvalue weighted by molar-refractivity contribution is 0.768. The van der Waals surface area contributed by atoms with Gasteiger partial charge in [-0.05, 0) is 12.8 Å². The van der Waals surface area contributed by atoms with Crippen molar-refractivity contribution in [1.82, 2.24) is 19.7 Å². The molecular formula is C11H13N5. The van der Waals surface area contributed by atoms with Crippen LogP contribution in [-0.2, 0) is 7.05 Å². The summed E-state index contributed by atoms with van der Waals surface area (Å²) in [5, 5.41) is 4.11. The highest BCUT2D eigenvalue weighted by Gasteiger charge is 2.26. The monoisotopic (exact) mass is 215 g/mol. The number of nitrogens with zero attached hydrogens (tertiary/aromatic N) is 4. The van der Waals surface area contributed by atoms with E-state index in [0.717, 1.165) is 11.3 Å². The van der Waals surface area contributed by atoms with Crippen LogP contribution in [0.1, 0.15) is 24.5 Å². The maximum absolute atomic E-state index is 5.79. The predicted molar refractivity (Wildman–Crippen MR) is 60.6 cm³/mol. The van der Waals surface area contributed by atoms with E-state index < -0.39 is 0 Å². The second kappa shape index (κ2) is 3.30. The molecule has 2 heterocycles. The molecular weight excluding hydrogens is 202 g/mol. The molecule has 1 aliphatic carbocycles.